The molecule has 0 aromatic rings. The third-order valence-electron chi connectivity index (χ3n) is 1.62. The summed E-state index contributed by atoms with van der Waals surface area (Å²) in [5, 5.41) is 0. The maximum atomic E-state index is 5.09. The first-order valence-electron chi connectivity index (χ1n) is 6.07. The van der Waals surface area contributed by atoms with Crippen LogP contribution in [0.25, 0.3) is 0 Å². The van der Waals surface area contributed by atoms with Crippen molar-refractivity contribution in [3.8, 4) is 0 Å². The Hall–Kier alpha value is -0.120. The molecule has 3 nitrogen and oxygen atoms in total. The monoisotopic (exact) mass is 233 g/mol. The van der Waals surface area contributed by atoms with Crippen LogP contribution < -0.4 is 0 Å². The van der Waals surface area contributed by atoms with E-state index in [4.69, 9.17) is 9.78 Å². The van der Waals surface area contributed by atoms with Gasteiger partial charge in [-0.2, -0.15) is 0 Å². The van der Waals surface area contributed by atoms with Crippen LogP contribution in [0.3, 0.4) is 0 Å². The molecule has 0 aliphatic heterocycles. The molecule has 0 aromatic heterocycles. The number of nitrogens with zero attached hydrogens (tertiary/aromatic N) is 1. The minimum Gasteiger partial charge on any atom is -0.307 e. The van der Waals surface area contributed by atoms with Gasteiger partial charge in [0.2, 0.25) is 0 Å². The van der Waals surface area contributed by atoms with Crippen molar-refractivity contribution in [2.24, 2.45) is 0 Å². The Labute approximate surface area is 102 Å². The van der Waals surface area contributed by atoms with Gasteiger partial charge in [0.05, 0.1) is 11.2 Å². The third-order valence-corrected chi connectivity index (χ3v) is 1.62. The molecule has 0 saturated carbocycles. The lowest BCUT2D eigenvalue weighted by atomic mass is 10.2. The number of hydrogen-bond donors (Lipinski definition) is 0. The van der Waals surface area contributed by atoms with E-state index in [0.717, 1.165) is 13.1 Å². The van der Waals surface area contributed by atoms with Gasteiger partial charge in [0, 0.05) is 0 Å². The first kappa shape index (κ1) is 18.3. The maximum Gasteiger partial charge on any atom is 0.0952 e. The molecule has 0 atom stereocenters. The molecule has 3 heteroatoms. The van der Waals surface area contributed by atoms with Crippen molar-refractivity contribution in [3.05, 3.63) is 0 Å². The van der Waals surface area contributed by atoms with E-state index in [1.54, 1.807) is 0 Å². The smallest absolute Gasteiger partial charge is 0.0952 e. The van der Waals surface area contributed by atoms with Crippen LogP contribution in [0.4, 0.5) is 0 Å². The predicted octanol–water partition coefficient (Wildman–Crippen LogP) is 3.49. The molecule has 16 heavy (non-hydrogen) atoms. The molecule has 0 N–H and O–H groups in total. The quantitative estimate of drug-likeness (QED) is 0.550. The fraction of sp³-hybridized carbons (Fsp3) is 1.00. The minimum atomic E-state index is -0.215. The van der Waals surface area contributed by atoms with E-state index in [1.807, 2.05) is 41.5 Å². The van der Waals surface area contributed by atoms with E-state index in [0.29, 0.717) is 0 Å². The molecule has 0 heterocycles. The molecule has 0 radical (unpaired) electrons. The van der Waals surface area contributed by atoms with E-state index < -0.39 is 0 Å². The lowest BCUT2D eigenvalue weighted by Gasteiger charge is -2.24. The van der Waals surface area contributed by atoms with Crippen LogP contribution in [-0.2, 0) is 9.78 Å². The van der Waals surface area contributed by atoms with Gasteiger partial charge in [0.15, 0.2) is 0 Å². The van der Waals surface area contributed by atoms with E-state index in [1.165, 1.54) is 0 Å². The summed E-state index contributed by atoms with van der Waals surface area (Å²) in [4.78, 5) is 12.4. The van der Waals surface area contributed by atoms with Crippen molar-refractivity contribution in [1.82, 2.24) is 4.90 Å². The third kappa shape index (κ3) is 19.5. The topological polar surface area (TPSA) is 21.7 Å². The first-order valence-corrected chi connectivity index (χ1v) is 6.07. The molecule has 0 rings (SSSR count). The Morgan fingerprint density at radius 3 is 1.06 bits per heavy atom. The average molecular weight is 233 g/mol. The molecular weight excluding hydrogens is 202 g/mol. The fourth-order valence-corrected chi connectivity index (χ4v) is 0.474. The van der Waals surface area contributed by atoms with Gasteiger partial charge in [-0.15, -0.1) is 0 Å². The SMILES string of the molecule is CC(C)(C)OOC(C)(C)C.CCN(C)CC. The van der Waals surface area contributed by atoms with Crippen molar-refractivity contribution in [2.75, 3.05) is 20.1 Å². The van der Waals surface area contributed by atoms with Gasteiger partial charge in [0.1, 0.15) is 0 Å². The van der Waals surface area contributed by atoms with Crippen molar-refractivity contribution in [1.29, 1.82) is 0 Å². The molecule has 0 aliphatic rings. The van der Waals surface area contributed by atoms with Crippen molar-refractivity contribution in [3.63, 3.8) is 0 Å². The lowest BCUT2D eigenvalue weighted by Crippen LogP contribution is -2.27. The number of rotatable bonds is 3. The van der Waals surface area contributed by atoms with Gasteiger partial charge in [0.25, 0.3) is 0 Å². The maximum absolute atomic E-state index is 5.09. The zero-order chi connectivity index (χ0) is 13.4. The summed E-state index contributed by atoms with van der Waals surface area (Å²) in [6, 6.07) is 0. The van der Waals surface area contributed by atoms with Crippen LogP contribution in [0, 0.1) is 0 Å². The molecule has 0 aliphatic carbocycles. The molecule has 0 bridgehead atoms. The van der Waals surface area contributed by atoms with Crippen LogP contribution in [0.5, 0.6) is 0 Å². The first-order chi connectivity index (χ1) is 7.02. The average Bonchev–Trinajstić information content (AvgIpc) is 2.12. The summed E-state index contributed by atoms with van der Waals surface area (Å²) in [5.74, 6) is 0. The zero-order valence-corrected chi connectivity index (χ0v) is 12.7. The normalized spacial score (nSPS) is 12.4. The Morgan fingerprint density at radius 2 is 1.00 bits per heavy atom. The second kappa shape index (κ2) is 8.04. The van der Waals surface area contributed by atoms with E-state index in [2.05, 4.69) is 25.8 Å². The van der Waals surface area contributed by atoms with Crippen LogP contribution in [0.15, 0.2) is 0 Å². The second-order valence-corrected chi connectivity index (χ2v) is 5.88. The van der Waals surface area contributed by atoms with Crippen molar-refractivity contribution >= 4 is 0 Å². The van der Waals surface area contributed by atoms with E-state index in [9.17, 15) is 0 Å². The van der Waals surface area contributed by atoms with Gasteiger partial charge in [-0.1, -0.05) is 13.8 Å². The van der Waals surface area contributed by atoms with Gasteiger partial charge in [-0.3, -0.25) is 0 Å². The highest BCUT2D eigenvalue weighted by atomic mass is 17.2. The van der Waals surface area contributed by atoms with E-state index >= 15 is 0 Å². The lowest BCUT2D eigenvalue weighted by molar-refractivity contribution is -0.393. The molecule has 0 aromatic carbocycles. The van der Waals surface area contributed by atoms with Gasteiger partial charge in [-0.25, -0.2) is 9.78 Å². The summed E-state index contributed by atoms with van der Waals surface area (Å²) in [6.45, 7) is 18.4. The van der Waals surface area contributed by atoms with Crippen molar-refractivity contribution in [2.45, 2.75) is 66.6 Å². The zero-order valence-electron chi connectivity index (χ0n) is 12.7. The fourth-order valence-electron chi connectivity index (χ4n) is 0.474. The van der Waals surface area contributed by atoms with Crippen LogP contribution in [0.1, 0.15) is 55.4 Å². The molecule has 0 saturated heterocycles. The second-order valence-electron chi connectivity index (χ2n) is 5.88. The Kier molecular flexibility index (Phi) is 9.17. The Morgan fingerprint density at radius 1 is 0.750 bits per heavy atom. The van der Waals surface area contributed by atoms with Crippen molar-refractivity contribution < 1.29 is 9.78 Å². The number of hydrogen-bond acceptors (Lipinski definition) is 3. The standard InChI is InChI=1S/C8H18O2.C5H13N/c1-7(2,3)9-10-8(4,5)6;1-4-6(3)5-2/h1-6H3;4-5H2,1-3H3. The van der Waals surface area contributed by atoms with Gasteiger partial charge >= 0.3 is 0 Å². The summed E-state index contributed by atoms with van der Waals surface area (Å²) in [5.41, 5.74) is -0.430. The molecule has 0 amide bonds. The molecular formula is C13H31NO2. The Balaban J connectivity index is 0. The molecule has 100 valence electrons. The minimum absolute atomic E-state index is 0.215. The summed E-state index contributed by atoms with van der Waals surface area (Å²) >= 11 is 0. The Bertz CT molecular complexity index is 138. The molecule has 0 unspecified atom stereocenters. The van der Waals surface area contributed by atoms with Crippen LogP contribution >= 0.6 is 0 Å². The largest absolute Gasteiger partial charge is 0.307 e. The predicted molar refractivity (Wildman–Crippen MR) is 70.5 cm³/mol. The van der Waals surface area contributed by atoms with Gasteiger partial charge < -0.3 is 4.90 Å². The highest BCUT2D eigenvalue weighted by molar-refractivity contribution is 4.58. The molecule has 0 fully saturated rings. The summed E-state index contributed by atoms with van der Waals surface area (Å²) in [6.07, 6.45) is 0. The highest BCUT2D eigenvalue weighted by Gasteiger charge is 2.18. The molecule has 0 spiro atoms. The van der Waals surface area contributed by atoms with E-state index in [-0.39, 0.29) is 11.2 Å². The van der Waals surface area contributed by atoms with Crippen LogP contribution in [-0.4, -0.2) is 36.2 Å². The summed E-state index contributed by atoms with van der Waals surface area (Å²) in [7, 11) is 2.11. The summed E-state index contributed by atoms with van der Waals surface area (Å²) < 4.78 is 0. The van der Waals surface area contributed by atoms with Crippen LogP contribution in [0.2, 0.25) is 0 Å². The highest BCUT2D eigenvalue weighted by Crippen LogP contribution is 2.14. The van der Waals surface area contributed by atoms with Gasteiger partial charge in [-0.05, 0) is 61.7 Å².